The number of hydrogen-bond donors (Lipinski definition) is 3. The molecule has 0 atom stereocenters. The molecule has 39 heavy (non-hydrogen) atoms. The third-order valence-corrected chi connectivity index (χ3v) is 6.83. The number of aliphatic hydroxyl groups is 3. The Morgan fingerprint density at radius 2 is 1.23 bits per heavy atom. The number of hydrogen-bond acceptors (Lipinski definition) is 7. The Balaban J connectivity index is 0. The van der Waals surface area contributed by atoms with E-state index in [-0.39, 0.29) is 13.2 Å². The summed E-state index contributed by atoms with van der Waals surface area (Å²) in [7, 11) is 1.00. The second-order valence-electron chi connectivity index (χ2n) is 9.67. The third kappa shape index (κ3) is 18.4. The third-order valence-electron chi connectivity index (χ3n) is 6.83. The molecule has 2 rings (SSSR count). The molecule has 0 amide bonds. The minimum Gasteiger partial charge on any atom is -0.493 e. The monoisotopic (exact) mass is 550 g/mol. The van der Waals surface area contributed by atoms with Crippen LogP contribution in [0.3, 0.4) is 0 Å². The van der Waals surface area contributed by atoms with Crippen molar-refractivity contribution in [3.8, 4) is 11.5 Å². The smallest absolute Gasteiger partial charge is 0.123 e. The van der Waals surface area contributed by atoms with Crippen molar-refractivity contribution in [3.05, 3.63) is 48.1 Å². The van der Waals surface area contributed by atoms with E-state index >= 15 is 0 Å². The van der Waals surface area contributed by atoms with Crippen LogP contribution < -0.4 is 9.47 Å². The topological polar surface area (TPSA) is 113 Å². The molecule has 0 unspecified atom stereocenters. The average Bonchev–Trinajstić information content (AvgIpc) is 3.00. The Morgan fingerprint density at radius 1 is 0.769 bits per heavy atom. The molecule has 0 saturated heterocycles. The predicted molar refractivity (Wildman–Crippen MR) is 160 cm³/mol. The molecule has 7 heteroatoms. The quantitative estimate of drug-likeness (QED) is 0.156. The van der Waals surface area contributed by atoms with Crippen LogP contribution in [0.25, 0.3) is 0 Å². The Labute approximate surface area is 236 Å². The van der Waals surface area contributed by atoms with Crippen LogP contribution in [0.2, 0.25) is 0 Å². The molecule has 0 radical (unpaired) electrons. The average molecular weight is 551 g/mol. The number of carbonyl (C=O) groups excluding carboxylic acids is 2. The van der Waals surface area contributed by atoms with Gasteiger partial charge in [0.15, 0.2) is 0 Å². The van der Waals surface area contributed by atoms with Gasteiger partial charge < -0.3 is 34.4 Å². The lowest BCUT2D eigenvalue weighted by Crippen LogP contribution is -2.14. The van der Waals surface area contributed by atoms with Crippen molar-refractivity contribution in [3.63, 3.8) is 0 Å². The van der Waals surface area contributed by atoms with E-state index < -0.39 is 0 Å². The zero-order chi connectivity index (χ0) is 29.9. The second-order valence-corrected chi connectivity index (χ2v) is 9.67. The lowest BCUT2D eigenvalue weighted by atomic mass is 9.77. The summed E-state index contributed by atoms with van der Waals surface area (Å²) < 4.78 is 12.0. The molecule has 224 valence electrons. The predicted octanol–water partition coefficient (Wildman–Crippen LogP) is 6.19. The number of aliphatic hydroxyl groups excluding tert-OH is 3. The number of carbonyl (C=O) groups is 2. The highest BCUT2D eigenvalue weighted by molar-refractivity contribution is 5.40. The molecule has 1 aliphatic rings. The lowest BCUT2D eigenvalue weighted by molar-refractivity contribution is -0.0987. The Morgan fingerprint density at radius 3 is 1.67 bits per heavy atom. The van der Waals surface area contributed by atoms with E-state index in [2.05, 4.69) is 32.2 Å². The normalized spacial score (nSPS) is 15.7. The maximum atomic E-state index is 9.17. The molecule has 0 heterocycles. The van der Waals surface area contributed by atoms with Crippen molar-refractivity contribution in [2.45, 2.75) is 89.9 Å². The maximum Gasteiger partial charge on any atom is 0.123 e. The van der Waals surface area contributed by atoms with Gasteiger partial charge in [0.1, 0.15) is 25.1 Å². The summed E-state index contributed by atoms with van der Waals surface area (Å²) in [6.45, 7) is 14.9. The Bertz CT molecular complexity index is 700. The van der Waals surface area contributed by atoms with Gasteiger partial charge in [-0.15, -0.1) is 0 Å². The van der Waals surface area contributed by atoms with Crippen LogP contribution in [-0.2, 0) is 9.59 Å². The first-order valence-corrected chi connectivity index (χ1v) is 14.0. The molecule has 1 aliphatic carbocycles. The first kappa shape index (κ1) is 38.7. The van der Waals surface area contributed by atoms with E-state index in [9.17, 15) is 0 Å². The molecule has 0 spiro atoms. The minimum absolute atomic E-state index is 0.00561. The van der Waals surface area contributed by atoms with Crippen LogP contribution in [0.4, 0.5) is 0 Å². The van der Waals surface area contributed by atoms with Crippen molar-refractivity contribution >= 4 is 13.6 Å². The van der Waals surface area contributed by atoms with Gasteiger partial charge in [-0.3, -0.25) is 0 Å². The summed E-state index contributed by atoms with van der Waals surface area (Å²) in [4.78, 5) is 16.0. The van der Waals surface area contributed by atoms with E-state index in [4.69, 9.17) is 34.4 Å². The van der Waals surface area contributed by atoms with Crippen LogP contribution in [0.15, 0.2) is 42.5 Å². The molecule has 1 aromatic carbocycles. The van der Waals surface area contributed by atoms with E-state index in [0.29, 0.717) is 32.0 Å². The van der Waals surface area contributed by atoms with Gasteiger partial charge in [-0.05, 0) is 66.4 Å². The summed E-state index contributed by atoms with van der Waals surface area (Å²) in [6, 6.07) is 6.27. The molecule has 0 aromatic heterocycles. The van der Waals surface area contributed by atoms with Gasteiger partial charge >= 0.3 is 0 Å². The van der Waals surface area contributed by atoms with Crippen molar-refractivity contribution in [2.75, 3.05) is 33.5 Å². The van der Waals surface area contributed by atoms with Gasteiger partial charge in [0, 0.05) is 26.0 Å². The molecule has 1 aromatic rings. The molecular formula is C32H54O7. The summed E-state index contributed by atoms with van der Waals surface area (Å²) in [5, 5.41) is 25.3. The van der Waals surface area contributed by atoms with Gasteiger partial charge in [-0.2, -0.15) is 0 Å². The fourth-order valence-electron chi connectivity index (χ4n) is 4.60. The summed E-state index contributed by atoms with van der Waals surface area (Å²) in [5.41, 5.74) is 2.85. The van der Waals surface area contributed by atoms with Crippen LogP contribution in [0.5, 0.6) is 11.5 Å². The highest BCUT2D eigenvalue weighted by Gasteiger charge is 2.23. The van der Waals surface area contributed by atoms with Crippen molar-refractivity contribution in [1.82, 2.24) is 0 Å². The van der Waals surface area contributed by atoms with E-state index in [0.717, 1.165) is 35.7 Å². The zero-order valence-corrected chi connectivity index (χ0v) is 24.5. The van der Waals surface area contributed by atoms with Gasteiger partial charge in [-0.1, -0.05) is 58.6 Å². The van der Waals surface area contributed by atoms with E-state index in [1.54, 1.807) is 0 Å². The van der Waals surface area contributed by atoms with Gasteiger partial charge in [0.05, 0.1) is 26.4 Å². The van der Waals surface area contributed by atoms with Crippen LogP contribution in [-0.4, -0.2) is 62.4 Å². The van der Waals surface area contributed by atoms with Crippen molar-refractivity contribution < 1.29 is 34.4 Å². The van der Waals surface area contributed by atoms with E-state index in [1.165, 1.54) is 69.8 Å². The Hall–Kier alpha value is -2.48. The molecule has 1 saturated carbocycles. The highest BCUT2D eigenvalue weighted by atomic mass is 16.5. The summed E-state index contributed by atoms with van der Waals surface area (Å²) >= 11 is 0. The molecule has 7 nitrogen and oxygen atoms in total. The SMILES string of the molecule is C=C(CO)CCOc1cc(OCCC(=C)CO)cc(C2CCC(CCCCCCC)CC2)c1.C=O.C=O.CO. The lowest BCUT2D eigenvalue weighted by Gasteiger charge is -2.29. The summed E-state index contributed by atoms with van der Waals surface area (Å²) in [6.07, 6.45) is 14.6. The molecule has 1 fully saturated rings. The molecule has 0 aliphatic heterocycles. The second kappa shape index (κ2) is 27.1. The van der Waals surface area contributed by atoms with Crippen LogP contribution in [0.1, 0.15) is 95.5 Å². The molecule has 0 bridgehead atoms. The molecule has 3 N–H and O–H groups in total. The van der Waals surface area contributed by atoms with Gasteiger partial charge in [0.2, 0.25) is 0 Å². The standard InChI is InChI=1S/C29H46O4.CH4O.2CH2O/c1-4-5-6-7-8-9-25-10-12-26(13-11-25)27-18-28(32-16-14-23(2)21-30)20-29(19-27)33-17-15-24(3)22-31;3*1-2/h18-20,25-26,30-31H,2-17,21-22H2,1H3;2H,1H3;2*1H2. The van der Waals surface area contributed by atoms with Crippen LogP contribution >= 0.6 is 0 Å². The first-order chi connectivity index (χ1) is 19.0. The number of unbranched alkanes of at least 4 members (excludes halogenated alkanes) is 4. The largest absolute Gasteiger partial charge is 0.493 e. The number of benzene rings is 1. The molecular weight excluding hydrogens is 496 g/mol. The van der Waals surface area contributed by atoms with Crippen LogP contribution in [0, 0.1) is 5.92 Å². The minimum atomic E-state index is -0.00561. The van der Waals surface area contributed by atoms with E-state index in [1.807, 2.05) is 19.6 Å². The highest BCUT2D eigenvalue weighted by Crippen LogP contribution is 2.40. The van der Waals surface area contributed by atoms with Crippen molar-refractivity contribution in [2.24, 2.45) is 5.92 Å². The summed E-state index contributed by atoms with van der Waals surface area (Å²) in [5.74, 6) is 3.05. The maximum absolute atomic E-state index is 9.17. The van der Waals surface area contributed by atoms with Gasteiger partial charge in [0.25, 0.3) is 0 Å². The van der Waals surface area contributed by atoms with Crippen molar-refractivity contribution in [1.29, 1.82) is 0 Å². The number of rotatable bonds is 17. The first-order valence-electron chi connectivity index (χ1n) is 14.0. The number of ether oxygens (including phenoxy) is 2. The fraction of sp³-hybridized carbons (Fsp3) is 0.625. The Kier molecular flexibility index (Phi) is 26.9. The fourth-order valence-corrected chi connectivity index (χ4v) is 4.60. The zero-order valence-electron chi connectivity index (χ0n) is 24.5. The van der Waals surface area contributed by atoms with Gasteiger partial charge in [-0.25, -0.2) is 0 Å².